The average molecular weight is 623 g/mol. The molecule has 220 valence electrons. The Morgan fingerprint density at radius 1 is 0.977 bits per heavy atom. The predicted molar refractivity (Wildman–Crippen MR) is 157 cm³/mol. The summed E-state index contributed by atoms with van der Waals surface area (Å²) in [5, 5.41) is 42.4. The van der Waals surface area contributed by atoms with Crippen LogP contribution in [0.1, 0.15) is 18.9 Å². The number of carbonyl (C=O) groups excluding carboxylic acids is 1. The first-order valence-electron chi connectivity index (χ1n) is 12.3. The van der Waals surface area contributed by atoms with Gasteiger partial charge in [0, 0.05) is 35.6 Å². The van der Waals surface area contributed by atoms with Gasteiger partial charge < -0.3 is 10.4 Å². The van der Waals surface area contributed by atoms with Gasteiger partial charge in [-0.1, -0.05) is 25.1 Å². The van der Waals surface area contributed by atoms with Crippen LogP contribution in [-0.4, -0.2) is 39.0 Å². The Hall–Kier alpha value is -5.40. The van der Waals surface area contributed by atoms with Crippen LogP contribution in [0.3, 0.4) is 0 Å². The third kappa shape index (κ3) is 6.58. The van der Waals surface area contributed by atoms with Crippen LogP contribution in [-0.2, 0) is 24.7 Å². The number of sulfonamides is 1. The lowest BCUT2D eigenvalue weighted by Crippen LogP contribution is -2.14. The van der Waals surface area contributed by atoms with Crippen molar-refractivity contribution in [3.05, 3.63) is 82.4 Å². The Balaban J connectivity index is 1.91. The molecule has 0 aliphatic heterocycles. The highest BCUT2D eigenvalue weighted by molar-refractivity contribution is 7.93. The highest BCUT2D eigenvalue weighted by Crippen LogP contribution is 2.44. The minimum Gasteiger partial charge on any atom is -0.505 e. The zero-order chi connectivity index (χ0) is 31.5. The number of benzene rings is 4. The first-order valence-corrected chi connectivity index (χ1v) is 15.6. The molecule has 0 spiro atoms. The van der Waals surface area contributed by atoms with Crippen LogP contribution < -0.4 is 10.0 Å². The summed E-state index contributed by atoms with van der Waals surface area (Å²) < 4.78 is 53.1. The maximum Gasteiger partial charge on any atom is 0.270 e. The first-order chi connectivity index (χ1) is 20.2. The van der Waals surface area contributed by atoms with Gasteiger partial charge in [0.05, 0.1) is 37.3 Å². The second kappa shape index (κ2) is 11.8. The molecule has 1 amide bonds. The molecule has 43 heavy (non-hydrogen) atoms. The van der Waals surface area contributed by atoms with Gasteiger partial charge in [0.1, 0.15) is 17.5 Å². The molecule has 4 aromatic rings. The van der Waals surface area contributed by atoms with Gasteiger partial charge in [0.25, 0.3) is 15.7 Å². The van der Waals surface area contributed by atoms with Crippen molar-refractivity contribution in [1.82, 2.24) is 0 Å². The van der Waals surface area contributed by atoms with Gasteiger partial charge in [-0.2, -0.15) is 5.26 Å². The number of hydrogen-bond donors (Lipinski definition) is 3. The second-order valence-corrected chi connectivity index (χ2v) is 12.7. The minimum absolute atomic E-state index is 0.0379. The van der Waals surface area contributed by atoms with Crippen LogP contribution in [0.2, 0.25) is 0 Å². The number of phenols is 1. The number of carbonyl (C=O) groups is 1. The summed E-state index contributed by atoms with van der Waals surface area (Å²) in [6.07, 6.45) is 1.02. The van der Waals surface area contributed by atoms with E-state index in [0.717, 1.165) is 24.5 Å². The van der Waals surface area contributed by atoms with E-state index in [1.54, 1.807) is 13.0 Å². The number of fused-ring (bicyclic) bond motifs is 1. The number of nitrogens with zero attached hydrogens (tertiary/aromatic N) is 4. The number of nitrogens with one attached hydrogen (secondary N) is 2. The van der Waals surface area contributed by atoms with Crippen molar-refractivity contribution in [2.75, 3.05) is 16.3 Å². The lowest BCUT2D eigenvalue weighted by atomic mass is 10.0. The third-order valence-electron chi connectivity index (χ3n) is 6.07. The second-order valence-electron chi connectivity index (χ2n) is 9.04. The molecule has 0 saturated heterocycles. The lowest BCUT2D eigenvalue weighted by molar-refractivity contribution is -0.384. The number of rotatable bonds is 9. The molecule has 3 N–H and O–H groups in total. The molecule has 0 unspecified atom stereocenters. The average Bonchev–Trinajstić information content (AvgIpc) is 2.97. The number of phenolic OH excluding ortho intramolecular Hbond substituents is 1. The fraction of sp³-hybridized carbons (Fsp3) is 0.111. The summed E-state index contributed by atoms with van der Waals surface area (Å²) in [7, 11) is -8.10. The third-order valence-corrected chi connectivity index (χ3v) is 8.55. The number of nitro benzene ring substituents is 1. The SMILES string of the molecule is CCC(=O)Nc1cc(N=Nc2ccc([N+](=O)[O-])cc2C#N)c2c(NS(=O)(=O)c3cccc(S(C)(=O)=O)c3)cccc2c1O. The molecule has 0 aromatic heterocycles. The first kappa shape index (κ1) is 30.6. The summed E-state index contributed by atoms with van der Waals surface area (Å²) in [4.78, 5) is 22.0. The topological polar surface area (TPSA) is 221 Å². The number of aromatic hydroxyl groups is 1. The molecule has 0 aliphatic rings. The van der Waals surface area contributed by atoms with Gasteiger partial charge in [-0.15, -0.1) is 10.2 Å². The fourth-order valence-corrected chi connectivity index (χ4v) is 5.80. The van der Waals surface area contributed by atoms with Gasteiger partial charge >= 0.3 is 0 Å². The Bertz CT molecular complexity index is 2090. The summed E-state index contributed by atoms with van der Waals surface area (Å²) >= 11 is 0. The highest BCUT2D eigenvalue weighted by atomic mass is 32.2. The molecule has 16 heteroatoms. The monoisotopic (exact) mass is 622 g/mol. The predicted octanol–water partition coefficient (Wildman–Crippen LogP) is 5.29. The quantitative estimate of drug-likeness (QED) is 0.0953. The van der Waals surface area contributed by atoms with E-state index in [-0.39, 0.29) is 61.0 Å². The van der Waals surface area contributed by atoms with Gasteiger partial charge in [0.15, 0.2) is 9.84 Å². The van der Waals surface area contributed by atoms with E-state index in [1.807, 2.05) is 0 Å². The number of azo groups is 1. The molecular formula is C27H22N6O8S2. The summed E-state index contributed by atoms with van der Waals surface area (Å²) in [6, 6.07) is 15.4. The number of sulfone groups is 1. The van der Waals surface area contributed by atoms with Crippen LogP contribution in [0.5, 0.6) is 5.75 Å². The van der Waals surface area contributed by atoms with Crippen LogP contribution in [0.25, 0.3) is 10.8 Å². The van der Waals surface area contributed by atoms with Crippen molar-refractivity contribution in [3.8, 4) is 11.8 Å². The van der Waals surface area contributed by atoms with E-state index in [1.165, 1.54) is 48.5 Å². The zero-order valence-electron chi connectivity index (χ0n) is 22.5. The van der Waals surface area contributed by atoms with Crippen molar-refractivity contribution in [2.24, 2.45) is 10.2 Å². The van der Waals surface area contributed by atoms with Gasteiger partial charge in [0.2, 0.25) is 5.91 Å². The van der Waals surface area contributed by atoms with Crippen LogP contribution in [0.4, 0.5) is 28.4 Å². The summed E-state index contributed by atoms with van der Waals surface area (Å²) in [5.74, 6) is -0.841. The number of nitriles is 1. The molecule has 0 saturated carbocycles. The molecule has 0 atom stereocenters. The van der Waals surface area contributed by atoms with E-state index in [9.17, 15) is 42.1 Å². The Kier molecular flexibility index (Phi) is 8.41. The zero-order valence-corrected chi connectivity index (χ0v) is 24.1. The highest BCUT2D eigenvalue weighted by Gasteiger charge is 2.22. The van der Waals surface area contributed by atoms with Crippen molar-refractivity contribution in [3.63, 3.8) is 0 Å². The van der Waals surface area contributed by atoms with Crippen molar-refractivity contribution in [2.45, 2.75) is 23.1 Å². The smallest absolute Gasteiger partial charge is 0.270 e. The number of amides is 1. The molecule has 0 radical (unpaired) electrons. The Labute approximate surface area is 245 Å². The molecule has 0 fully saturated rings. The number of hydrogen-bond acceptors (Lipinski definition) is 11. The molecular weight excluding hydrogens is 600 g/mol. The van der Waals surface area contributed by atoms with Crippen molar-refractivity contribution < 1.29 is 31.7 Å². The van der Waals surface area contributed by atoms with E-state index < -0.39 is 36.4 Å². The van der Waals surface area contributed by atoms with Crippen molar-refractivity contribution in [1.29, 1.82) is 5.26 Å². The fourth-order valence-electron chi connectivity index (χ4n) is 3.94. The van der Waals surface area contributed by atoms with Gasteiger partial charge in [-0.05, 0) is 36.4 Å². The summed E-state index contributed by atoms with van der Waals surface area (Å²) in [6.45, 7) is 1.59. The maximum atomic E-state index is 13.4. The van der Waals surface area contributed by atoms with Crippen molar-refractivity contribution >= 4 is 65.0 Å². The number of non-ortho nitro benzene ring substituents is 1. The maximum absolute atomic E-state index is 13.4. The van der Waals surface area contributed by atoms with Crippen LogP contribution in [0, 0.1) is 21.4 Å². The van der Waals surface area contributed by atoms with E-state index >= 15 is 0 Å². The number of nitro groups is 1. The molecule has 4 aromatic carbocycles. The lowest BCUT2D eigenvalue weighted by Gasteiger charge is -2.16. The Morgan fingerprint density at radius 2 is 1.65 bits per heavy atom. The molecule has 14 nitrogen and oxygen atoms in total. The van der Waals surface area contributed by atoms with E-state index in [0.29, 0.717) is 0 Å². The van der Waals surface area contributed by atoms with E-state index in [4.69, 9.17) is 0 Å². The number of anilines is 2. The van der Waals surface area contributed by atoms with E-state index in [2.05, 4.69) is 20.3 Å². The molecule has 0 aliphatic carbocycles. The molecule has 0 bridgehead atoms. The molecule has 4 rings (SSSR count). The largest absolute Gasteiger partial charge is 0.505 e. The standard InChI is InChI=1S/C27H22N6O8S2/c1-3-25(34)29-24-14-23(31-30-21-11-10-17(33(36)37)12-16(21)15-28)26-20(27(24)35)8-5-9-22(26)32-43(40,41)19-7-4-6-18(13-19)42(2,38)39/h4-14,32,35H,3H2,1-2H3,(H,29,34). The molecule has 0 heterocycles. The minimum atomic E-state index is -4.39. The van der Waals surface area contributed by atoms with Crippen LogP contribution in [0.15, 0.2) is 86.7 Å². The summed E-state index contributed by atoms with van der Waals surface area (Å²) in [5.41, 5.74) is -0.727. The van der Waals surface area contributed by atoms with Crippen LogP contribution >= 0.6 is 0 Å². The normalized spacial score (nSPS) is 11.7. The van der Waals surface area contributed by atoms with Gasteiger partial charge in [-0.25, -0.2) is 16.8 Å². The van der Waals surface area contributed by atoms with Gasteiger partial charge in [-0.3, -0.25) is 19.6 Å². The Morgan fingerprint density at radius 3 is 2.30 bits per heavy atom.